The number of thioether (sulfide) groups is 1. The first-order valence-electron chi connectivity index (χ1n) is 5.64. The summed E-state index contributed by atoms with van der Waals surface area (Å²) in [7, 11) is 0. The second-order valence-electron chi connectivity index (χ2n) is 3.98. The number of nitrogens with one attached hydrogen (secondary N) is 1. The molecule has 0 fully saturated rings. The minimum atomic E-state index is -0.771. The van der Waals surface area contributed by atoms with E-state index in [1.54, 1.807) is 11.8 Å². The van der Waals surface area contributed by atoms with E-state index in [0.29, 0.717) is 13.0 Å². The Hall–Kier alpha value is -0.710. The molecule has 1 aromatic rings. The van der Waals surface area contributed by atoms with Crippen molar-refractivity contribution >= 4 is 30.1 Å². The maximum absolute atomic E-state index is 11.0. The summed E-state index contributed by atoms with van der Waals surface area (Å²) < 4.78 is 0. The summed E-state index contributed by atoms with van der Waals surface area (Å²) >= 11 is 1.67. The van der Waals surface area contributed by atoms with Crippen molar-refractivity contribution in [2.24, 2.45) is 0 Å². The lowest BCUT2D eigenvalue weighted by molar-refractivity contribution is -0.139. The number of halogens is 1. The van der Waals surface area contributed by atoms with Gasteiger partial charge in [0.05, 0.1) is 0 Å². The van der Waals surface area contributed by atoms with Crippen LogP contribution < -0.4 is 5.32 Å². The van der Waals surface area contributed by atoms with E-state index in [0.717, 1.165) is 11.3 Å². The van der Waals surface area contributed by atoms with Gasteiger partial charge in [0, 0.05) is 6.54 Å². The molecule has 0 amide bonds. The summed E-state index contributed by atoms with van der Waals surface area (Å²) in [4.78, 5) is 11.0. The number of hydrogen-bond acceptors (Lipinski definition) is 3. The minimum Gasteiger partial charge on any atom is -0.480 e. The van der Waals surface area contributed by atoms with Crippen LogP contribution in [0.1, 0.15) is 17.5 Å². The van der Waals surface area contributed by atoms with E-state index in [9.17, 15) is 4.79 Å². The van der Waals surface area contributed by atoms with Gasteiger partial charge in [-0.05, 0) is 36.5 Å². The summed E-state index contributed by atoms with van der Waals surface area (Å²) in [6, 6.07) is 7.56. The van der Waals surface area contributed by atoms with E-state index in [2.05, 4.69) is 5.32 Å². The third kappa shape index (κ3) is 5.76. The van der Waals surface area contributed by atoms with Crippen LogP contribution in [0.3, 0.4) is 0 Å². The van der Waals surface area contributed by atoms with Gasteiger partial charge in [0.1, 0.15) is 6.04 Å². The van der Waals surface area contributed by atoms with Gasteiger partial charge in [-0.1, -0.05) is 24.3 Å². The van der Waals surface area contributed by atoms with Crippen LogP contribution in [0, 0.1) is 6.92 Å². The molecule has 1 rings (SSSR count). The van der Waals surface area contributed by atoms with Gasteiger partial charge >= 0.3 is 5.97 Å². The number of rotatable bonds is 7. The topological polar surface area (TPSA) is 49.3 Å². The molecule has 0 saturated carbocycles. The zero-order valence-corrected chi connectivity index (χ0v) is 12.3. The first kappa shape index (κ1) is 17.3. The van der Waals surface area contributed by atoms with Crippen LogP contribution in [0.5, 0.6) is 0 Å². The largest absolute Gasteiger partial charge is 0.480 e. The van der Waals surface area contributed by atoms with E-state index in [1.165, 1.54) is 5.56 Å². The normalized spacial score (nSPS) is 11.7. The van der Waals surface area contributed by atoms with Crippen LogP contribution in [-0.4, -0.2) is 29.1 Å². The molecule has 0 aliphatic rings. The Kier molecular flexibility index (Phi) is 8.89. The number of benzene rings is 1. The molecule has 0 saturated heterocycles. The van der Waals surface area contributed by atoms with Crippen LogP contribution in [-0.2, 0) is 11.3 Å². The third-order valence-corrected chi connectivity index (χ3v) is 3.35. The number of aryl methyl sites for hydroxylation is 1. The molecule has 5 heteroatoms. The molecule has 1 atom stereocenters. The first-order chi connectivity index (χ1) is 8.15. The Morgan fingerprint density at radius 1 is 1.44 bits per heavy atom. The van der Waals surface area contributed by atoms with Crippen molar-refractivity contribution in [1.29, 1.82) is 0 Å². The van der Waals surface area contributed by atoms with Crippen molar-refractivity contribution in [1.82, 2.24) is 5.32 Å². The molecule has 0 aliphatic heterocycles. The molecule has 0 spiro atoms. The molecule has 1 aromatic carbocycles. The maximum atomic E-state index is 11.0. The number of carbonyl (C=O) groups is 1. The fraction of sp³-hybridized carbons (Fsp3) is 0.462. The molecule has 0 aliphatic carbocycles. The molecule has 2 N–H and O–H groups in total. The Bertz CT molecular complexity index is 374. The van der Waals surface area contributed by atoms with E-state index < -0.39 is 12.0 Å². The molecular formula is C13H20ClNO2S. The molecule has 1 unspecified atom stereocenters. The number of hydrogen-bond donors (Lipinski definition) is 2. The molecule has 0 heterocycles. The van der Waals surface area contributed by atoms with Crippen molar-refractivity contribution in [2.45, 2.75) is 25.9 Å². The average molecular weight is 290 g/mol. The highest BCUT2D eigenvalue weighted by Gasteiger charge is 2.15. The monoisotopic (exact) mass is 289 g/mol. The Labute approximate surface area is 119 Å². The van der Waals surface area contributed by atoms with E-state index in [4.69, 9.17) is 5.11 Å². The van der Waals surface area contributed by atoms with Gasteiger partial charge < -0.3 is 10.4 Å². The van der Waals surface area contributed by atoms with Gasteiger partial charge in [0.2, 0.25) is 0 Å². The second-order valence-corrected chi connectivity index (χ2v) is 4.97. The molecule has 0 bridgehead atoms. The van der Waals surface area contributed by atoms with Crippen molar-refractivity contribution in [3.8, 4) is 0 Å². The average Bonchev–Trinajstić information content (AvgIpc) is 2.31. The number of carboxylic acids is 1. The van der Waals surface area contributed by atoms with Crippen LogP contribution >= 0.6 is 24.2 Å². The van der Waals surface area contributed by atoms with Gasteiger partial charge in [-0.3, -0.25) is 4.79 Å². The van der Waals surface area contributed by atoms with Crippen LogP contribution in [0.2, 0.25) is 0 Å². The molecular weight excluding hydrogens is 270 g/mol. The number of aliphatic carboxylic acids is 1. The Morgan fingerprint density at radius 2 is 2.11 bits per heavy atom. The van der Waals surface area contributed by atoms with E-state index >= 15 is 0 Å². The highest BCUT2D eigenvalue weighted by Crippen LogP contribution is 2.08. The summed E-state index contributed by atoms with van der Waals surface area (Å²) in [5.41, 5.74) is 2.34. The summed E-state index contributed by atoms with van der Waals surface area (Å²) in [5, 5.41) is 12.2. The SMILES string of the molecule is CSCCC(NCc1ccccc1C)C(=O)O.Cl. The van der Waals surface area contributed by atoms with Crippen molar-refractivity contribution in [2.75, 3.05) is 12.0 Å². The highest BCUT2D eigenvalue weighted by molar-refractivity contribution is 7.98. The van der Waals surface area contributed by atoms with Gasteiger partial charge in [-0.2, -0.15) is 11.8 Å². The summed E-state index contributed by atoms with van der Waals surface area (Å²) in [6.07, 6.45) is 2.64. The van der Waals surface area contributed by atoms with Gasteiger partial charge in [0.25, 0.3) is 0 Å². The minimum absolute atomic E-state index is 0. The zero-order chi connectivity index (χ0) is 12.7. The fourth-order valence-electron chi connectivity index (χ4n) is 1.59. The lowest BCUT2D eigenvalue weighted by Crippen LogP contribution is -2.36. The van der Waals surface area contributed by atoms with Crippen LogP contribution in [0.25, 0.3) is 0 Å². The standard InChI is InChI=1S/C13H19NO2S.ClH/c1-10-5-3-4-6-11(10)9-14-12(13(15)16)7-8-17-2;/h3-6,12,14H,7-9H2,1-2H3,(H,15,16);1H. The lowest BCUT2D eigenvalue weighted by Gasteiger charge is -2.14. The van der Waals surface area contributed by atoms with Gasteiger partial charge in [-0.15, -0.1) is 12.4 Å². The van der Waals surface area contributed by atoms with Gasteiger partial charge in [-0.25, -0.2) is 0 Å². The molecule has 102 valence electrons. The van der Waals surface area contributed by atoms with Crippen molar-refractivity contribution < 1.29 is 9.90 Å². The quantitative estimate of drug-likeness (QED) is 0.810. The third-order valence-electron chi connectivity index (χ3n) is 2.71. The summed E-state index contributed by atoms with van der Waals surface area (Å²) in [5.74, 6) is 0.0882. The predicted octanol–water partition coefficient (Wildman–Crippen LogP) is 2.71. The van der Waals surface area contributed by atoms with Crippen molar-refractivity contribution in [3.05, 3.63) is 35.4 Å². The molecule has 0 aromatic heterocycles. The highest BCUT2D eigenvalue weighted by atomic mass is 35.5. The zero-order valence-electron chi connectivity index (χ0n) is 10.7. The van der Waals surface area contributed by atoms with Crippen LogP contribution in [0.15, 0.2) is 24.3 Å². The van der Waals surface area contributed by atoms with Crippen molar-refractivity contribution in [3.63, 3.8) is 0 Å². The van der Waals surface area contributed by atoms with E-state index in [1.807, 2.05) is 37.4 Å². The molecule has 0 radical (unpaired) electrons. The Morgan fingerprint density at radius 3 is 2.67 bits per heavy atom. The Balaban J connectivity index is 0.00000289. The number of carboxylic acid groups (broad SMARTS) is 1. The molecule has 3 nitrogen and oxygen atoms in total. The first-order valence-corrected chi connectivity index (χ1v) is 7.04. The maximum Gasteiger partial charge on any atom is 0.320 e. The van der Waals surface area contributed by atoms with Crippen LogP contribution in [0.4, 0.5) is 0 Å². The van der Waals surface area contributed by atoms with E-state index in [-0.39, 0.29) is 12.4 Å². The lowest BCUT2D eigenvalue weighted by atomic mass is 10.1. The smallest absolute Gasteiger partial charge is 0.320 e. The summed E-state index contributed by atoms with van der Waals surface area (Å²) in [6.45, 7) is 2.65. The van der Waals surface area contributed by atoms with Gasteiger partial charge in [0.15, 0.2) is 0 Å². The molecule has 18 heavy (non-hydrogen) atoms. The fourth-order valence-corrected chi connectivity index (χ4v) is 2.06. The predicted molar refractivity (Wildman–Crippen MR) is 79.7 cm³/mol. The second kappa shape index (κ2) is 9.25.